The predicted molar refractivity (Wildman–Crippen MR) is 97.5 cm³/mol. The number of nitrogens with one attached hydrogen (secondary N) is 2. The molecule has 7 heteroatoms. The predicted octanol–water partition coefficient (Wildman–Crippen LogP) is 2.20. The highest BCUT2D eigenvalue weighted by atomic mass is 16.2. The van der Waals surface area contributed by atoms with Gasteiger partial charge in [0.25, 0.3) is 0 Å². The maximum atomic E-state index is 11.6. The van der Waals surface area contributed by atoms with E-state index in [4.69, 9.17) is 5.73 Å². The quantitative estimate of drug-likeness (QED) is 0.636. The van der Waals surface area contributed by atoms with E-state index >= 15 is 0 Å². The number of aryl methyl sites for hydroxylation is 1. The van der Waals surface area contributed by atoms with Crippen LogP contribution in [0.4, 0.5) is 0 Å². The second kappa shape index (κ2) is 11.0. The Bertz CT molecular complexity index is 654. The summed E-state index contributed by atoms with van der Waals surface area (Å²) in [5, 5.41) is 9.83. The first-order valence-electron chi connectivity index (χ1n) is 8.59. The molecule has 0 saturated carbocycles. The molecule has 2 aromatic rings. The van der Waals surface area contributed by atoms with Crippen molar-refractivity contribution in [3.63, 3.8) is 0 Å². The summed E-state index contributed by atoms with van der Waals surface area (Å²) in [6, 6.07) is 5.19. The molecule has 0 aliphatic rings. The normalized spacial score (nSPS) is 11.2. The van der Waals surface area contributed by atoms with Crippen LogP contribution in [0, 0.1) is 0 Å². The second-order valence-corrected chi connectivity index (χ2v) is 5.42. The molecule has 1 atom stereocenters. The number of hydrogen-bond acceptors (Lipinski definition) is 4. The molecule has 7 nitrogen and oxygen atoms in total. The smallest absolute Gasteiger partial charge is 0.239 e. The first-order chi connectivity index (χ1) is 12.1. The molecule has 136 valence electrons. The van der Waals surface area contributed by atoms with Crippen molar-refractivity contribution in [3.05, 3.63) is 36.3 Å². The van der Waals surface area contributed by atoms with Gasteiger partial charge in [-0.05, 0) is 44.4 Å². The number of pyridine rings is 1. The van der Waals surface area contributed by atoms with Gasteiger partial charge in [-0.15, -0.1) is 0 Å². The van der Waals surface area contributed by atoms with Crippen molar-refractivity contribution >= 4 is 11.8 Å². The van der Waals surface area contributed by atoms with E-state index in [9.17, 15) is 9.59 Å². The summed E-state index contributed by atoms with van der Waals surface area (Å²) >= 11 is 0. The highest BCUT2D eigenvalue weighted by molar-refractivity contribution is 5.86. The fourth-order valence-corrected chi connectivity index (χ4v) is 2.14. The van der Waals surface area contributed by atoms with Crippen LogP contribution in [0.1, 0.15) is 45.7 Å². The Labute approximate surface area is 148 Å². The Kier molecular flexibility index (Phi) is 8.92. The van der Waals surface area contributed by atoms with Gasteiger partial charge in [0.05, 0.1) is 5.69 Å². The van der Waals surface area contributed by atoms with Crippen LogP contribution in [0.5, 0.6) is 0 Å². The van der Waals surface area contributed by atoms with E-state index < -0.39 is 11.9 Å². The Hall–Kier alpha value is -2.70. The first kappa shape index (κ1) is 20.3. The van der Waals surface area contributed by atoms with Crippen LogP contribution in [-0.4, -0.2) is 33.0 Å². The van der Waals surface area contributed by atoms with Gasteiger partial charge >= 0.3 is 0 Å². The van der Waals surface area contributed by atoms with Gasteiger partial charge in [0.1, 0.15) is 6.04 Å². The third-order valence-electron chi connectivity index (χ3n) is 3.49. The van der Waals surface area contributed by atoms with Crippen LogP contribution in [-0.2, 0) is 16.0 Å². The summed E-state index contributed by atoms with van der Waals surface area (Å²) in [4.78, 5) is 26.5. The monoisotopic (exact) mass is 345 g/mol. The number of carbonyl (C=O) groups excluding carboxylic acids is 2. The van der Waals surface area contributed by atoms with Crippen LogP contribution in [0.15, 0.2) is 30.6 Å². The molecule has 0 radical (unpaired) electrons. The van der Waals surface area contributed by atoms with Gasteiger partial charge in [-0.3, -0.25) is 19.7 Å². The van der Waals surface area contributed by atoms with Crippen LogP contribution in [0.2, 0.25) is 0 Å². The van der Waals surface area contributed by atoms with Crippen molar-refractivity contribution in [1.29, 1.82) is 0 Å². The molecule has 0 spiro atoms. The average Bonchev–Trinajstić information content (AvgIpc) is 3.10. The lowest BCUT2D eigenvalue weighted by Gasteiger charge is -2.09. The van der Waals surface area contributed by atoms with Crippen LogP contribution >= 0.6 is 0 Å². The highest BCUT2D eigenvalue weighted by Crippen LogP contribution is 2.17. The molecule has 2 rings (SSSR count). The SMILES string of the molecule is CC.CC(NC(=O)CCCCc1cc(-c2cccnc2)n[nH]1)C(N)=O. The van der Waals surface area contributed by atoms with Gasteiger partial charge in [-0.1, -0.05) is 13.8 Å². The Balaban J connectivity index is 0.00000151. The number of carbonyl (C=O) groups is 2. The van der Waals surface area contributed by atoms with Crippen LogP contribution in [0.3, 0.4) is 0 Å². The van der Waals surface area contributed by atoms with Crippen molar-refractivity contribution in [3.8, 4) is 11.3 Å². The minimum absolute atomic E-state index is 0.156. The molecule has 0 aliphatic heterocycles. The standard InChI is InChI=1S/C16H21N5O2.C2H6/c1-11(16(17)23)19-15(22)7-3-2-6-13-9-14(21-20-13)12-5-4-8-18-10-12;1-2/h4-5,8-11H,2-3,6-7H2,1H3,(H2,17,23)(H,19,22)(H,20,21);1-2H3. The number of nitrogens with two attached hydrogens (primary N) is 1. The summed E-state index contributed by atoms with van der Waals surface area (Å²) < 4.78 is 0. The molecule has 0 fully saturated rings. The summed E-state index contributed by atoms with van der Waals surface area (Å²) in [5.74, 6) is -0.685. The van der Waals surface area contributed by atoms with E-state index in [1.165, 1.54) is 0 Å². The van der Waals surface area contributed by atoms with Gasteiger partial charge in [-0.25, -0.2) is 0 Å². The number of aromatic nitrogens is 3. The molecule has 2 aromatic heterocycles. The van der Waals surface area contributed by atoms with Crippen molar-refractivity contribution < 1.29 is 9.59 Å². The lowest BCUT2D eigenvalue weighted by atomic mass is 10.1. The largest absolute Gasteiger partial charge is 0.368 e. The summed E-state index contributed by atoms with van der Waals surface area (Å²) in [6.45, 7) is 5.57. The molecule has 4 N–H and O–H groups in total. The van der Waals surface area contributed by atoms with Gasteiger partial charge in [0.2, 0.25) is 11.8 Å². The van der Waals surface area contributed by atoms with E-state index in [-0.39, 0.29) is 5.91 Å². The number of unbranched alkanes of at least 4 members (excludes halogenated alkanes) is 1. The molecule has 25 heavy (non-hydrogen) atoms. The molecule has 2 amide bonds. The zero-order valence-corrected chi connectivity index (χ0v) is 15.1. The number of primary amides is 1. The maximum absolute atomic E-state index is 11.6. The van der Waals surface area contributed by atoms with Crippen molar-refractivity contribution in [2.24, 2.45) is 5.73 Å². The average molecular weight is 345 g/mol. The zero-order chi connectivity index (χ0) is 18.7. The van der Waals surface area contributed by atoms with Crippen molar-refractivity contribution in [1.82, 2.24) is 20.5 Å². The topological polar surface area (TPSA) is 114 Å². The Morgan fingerprint density at radius 1 is 1.32 bits per heavy atom. The Morgan fingerprint density at radius 3 is 2.72 bits per heavy atom. The second-order valence-electron chi connectivity index (χ2n) is 5.42. The summed E-state index contributed by atoms with van der Waals surface area (Å²) in [7, 11) is 0. The number of aromatic amines is 1. The van der Waals surface area contributed by atoms with E-state index in [1.54, 1.807) is 19.3 Å². The van der Waals surface area contributed by atoms with Crippen LogP contribution in [0.25, 0.3) is 11.3 Å². The molecular weight excluding hydrogens is 318 g/mol. The molecule has 0 aromatic carbocycles. The Morgan fingerprint density at radius 2 is 2.08 bits per heavy atom. The molecule has 0 bridgehead atoms. The highest BCUT2D eigenvalue weighted by Gasteiger charge is 2.11. The number of amides is 2. The number of hydrogen-bond donors (Lipinski definition) is 3. The van der Waals surface area contributed by atoms with Gasteiger partial charge in [0.15, 0.2) is 0 Å². The van der Waals surface area contributed by atoms with E-state index in [0.717, 1.165) is 36.2 Å². The zero-order valence-electron chi connectivity index (χ0n) is 15.1. The number of rotatable bonds is 8. The third kappa shape index (κ3) is 7.15. The summed E-state index contributed by atoms with van der Waals surface area (Å²) in [6.07, 6.45) is 6.27. The molecular formula is C18H27N5O2. The molecule has 0 saturated heterocycles. The van der Waals surface area contributed by atoms with Crippen molar-refractivity contribution in [2.75, 3.05) is 0 Å². The fraction of sp³-hybridized carbons (Fsp3) is 0.444. The van der Waals surface area contributed by atoms with Crippen LogP contribution < -0.4 is 11.1 Å². The lowest BCUT2D eigenvalue weighted by Crippen LogP contribution is -2.42. The van der Waals surface area contributed by atoms with Crippen molar-refractivity contribution in [2.45, 2.75) is 52.5 Å². The van der Waals surface area contributed by atoms with Gasteiger partial charge < -0.3 is 11.1 Å². The third-order valence-corrected chi connectivity index (χ3v) is 3.49. The molecule has 1 unspecified atom stereocenters. The summed E-state index contributed by atoms with van der Waals surface area (Å²) in [5.41, 5.74) is 7.95. The number of nitrogens with zero attached hydrogens (tertiary/aromatic N) is 2. The van der Waals surface area contributed by atoms with Gasteiger partial charge in [0, 0.05) is 30.1 Å². The fourth-order valence-electron chi connectivity index (χ4n) is 2.14. The lowest BCUT2D eigenvalue weighted by molar-refractivity contribution is -0.127. The maximum Gasteiger partial charge on any atom is 0.239 e. The molecule has 0 aliphatic carbocycles. The molecule has 2 heterocycles. The minimum atomic E-state index is -0.628. The van der Waals surface area contributed by atoms with Gasteiger partial charge in [-0.2, -0.15) is 5.10 Å². The first-order valence-corrected chi connectivity index (χ1v) is 8.59. The minimum Gasteiger partial charge on any atom is -0.368 e. The number of H-pyrrole nitrogens is 1. The van der Waals surface area contributed by atoms with E-state index in [1.807, 2.05) is 32.0 Å². The van der Waals surface area contributed by atoms with E-state index in [2.05, 4.69) is 20.5 Å². The van der Waals surface area contributed by atoms with E-state index in [0.29, 0.717) is 6.42 Å².